The van der Waals surface area contributed by atoms with Crippen molar-refractivity contribution in [2.24, 2.45) is 0 Å². The lowest BCUT2D eigenvalue weighted by molar-refractivity contribution is 0.102. The summed E-state index contributed by atoms with van der Waals surface area (Å²) in [6, 6.07) is 19.2. The van der Waals surface area contributed by atoms with Gasteiger partial charge in [-0.2, -0.15) is 0 Å². The second kappa shape index (κ2) is 7.27. The predicted octanol–water partition coefficient (Wildman–Crippen LogP) is 4.70. The van der Waals surface area contributed by atoms with Crippen LogP contribution < -0.4 is 15.4 Å². The molecule has 1 aliphatic rings. The number of rotatable bonds is 6. The number of ether oxygens (including phenoxy) is 1. The Morgan fingerprint density at radius 1 is 1.00 bits per heavy atom. The van der Waals surface area contributed by atoms with Gasteiger partial charge in [-0.1, -0.05) is 30.3 Å². The van der Waals surface area contributed by atoms with Crippen molar-refractivity contribution in [1.29, 1.82) is 0 Å². The molecule has 1 aromatic heterocycles. The van der Waals surface area contributed by atoms with Gasteiger partial charge >= 0.3 is 0 Å². The third-order valence-electron chi connectivity index (χ3n) is 4.05. The van der Waals surface area contributed by atoms with Crippen molar-refractivity contribution in [1.82, 2.24) is 4.98 Å². The Labute approximate surface area is 152 Å². The zero-order valence-electron chi connectivity index (χ0n) is 14.2. The highest BCUT2D eigenvalue weighted by Crippen LogP contribution is 2.30. The van der Waals surface area contributed by atoms with Gasteiger partial charge in [0, 0.05) is 18.4 Å². The standard InChI is InChI=1S/C21H19N3O2/c25-21(15-12-17(14-22-13-15)23-16-10-11-16)24-19-8-4-5-9-20(19)26-18-6-2-1-3-7-18/h1-9,12-14,16,23H,10-11H2,(H,24,25). The van der Waals surface area contributed by atoms with Gasteiger partial charge in [-0.05, 0) is 43.2 Å². The van der Waals surface area contributed by atoms with Crippen LogP contribution in [0.15, 0.2) is 73.1 Å². The van der Waals surface area contributed by atoms with Gasteiger partial charge in [-0.25, -0.2) is 0 Å². The summed E-state index contributed by atoms with van der Waals surface area (Å²) in [6.45, 7) is 0. The van der Waals surface area contributed by atoms with Crippen LogP contribution in [0.2, 0.25) is 0 Å². The smallest absolute Gasteiger partial charge is 0.257 e. The summed E-state index contributed by atoms with van der Waals surface area (Å²) in [6.07, 6.45) is 5.64. The molecular weight excluding hydrogens is 326 g/mol. The van der Waals surface area contributed by atoms with E-state index in [1.807, 2.05) is 60.7 Å². The molecule has 130 valence electrons. The van der Waals surface area contributed by atoms with Crippen LogP contribution in [0.1, 0.15) is 23.2 Å². The van der Waals surface area contributed by atoms with Crippen molar-refractivity contribution in [2.75, 3.05) is 10.6 Å². The molecule has 2 N–H and O–H groups in total. The molecule has 0 radical (unpaired) electrons. The van der Waals surface area contributed by atoms with Gasteiger partial charge in [0.05, 0.1) is 16.9 Å². The first kappa shape index (κ1) is 16.1. The molecule has 0 unspecified atom stereocenters. The van der Waals surface area contributed by atoms with E-state index in [9.17, 15) is 4.79 Å². The van der Waals surface area contributed by atoms with Crippen LogP contribution in [-0.2, 0) is 0 Å². The average Bonchev–Trinajstić information content (AvgIpc) is 3.48. The quantitative estimate of drug-likeness (QED) is 0.680. The first-order valence-electron chi connectivity index (χ1n) is 8.63. The van der Waals surface area contributed by atoms with Gasteiger partial charge in [0.2, 0.25) is 0 Å². The van der Waals surface area contributed by atoms with Crippen LogP contribution in [0, 0.1) is 0 Å². The van der Waals surface area contributed by atoms with E-state index < -0.39 is 0 Å². The van der Waals surface area contributed by atoms with Gasteiger partial charge in [0.1, 0.15) is 5.75 Å². The summed E-state index contributed by atoms with van der Waals surface area (Å²) in [4.78, 5) is 16.8. The Morgan fingerprint density at radius 3 is 2.58 bits per heavy atom. The molecule has 1 amide bonds. The van der Waals surface area contributed by atoms with E-state index in [1.165, 1.54) is 12.8 Å². The number of hydrogen-bond acceptors (Lipinski definition) is 4. The molecule has 5 nitrogen and oxygen atoms in total. The predicted molar refractivity (Wildman–Crippen MR) is 102 cm³/mol. The van der Waals surface area contributed by atoms with Crippen molar-refractivity contribution in [3.8, 4) is 11.5 Å². The van der Waals surface area contributed by atoms with Crippen LogP contribution in [0.25, 0.3) is 0 Å². The number of hydrogen-bond donors (Lipinski definition) is 2. The monoisotopic (exact) mass is 345 g/mol. The van der Waals surface area contributed by atoms with Crippen LogP contribution in [0.5, 0.6) is 11.5 Å². The number of carbonyl (C=O) groups is 1. The van der Waals surface area contributed by atoms with E-state index in [2.05, 4.69) is 15.6 Å². The summed E-state index contributed by atoms with van der Waals surface area (Å²) < 4.78 is 5.89. The Kier molecular flexibility index (Phi) is 4.51. The molecule has 1 aliphatic carbocycles. The van der Waals surface area contributed by atoms with Crippen LogP contribution >= 0.6 is 0 Å². The normalized spacial score (nSPS) is 13.1. The molecule has 2 aromatic carbocycles. The fourth-order valence-corrected chi connectivity index (χ4v) is 2.58. The van der Waals surface area contributed by atoms with E-state index in [0.717, 1.165) is 5.69 Å². The highest BCUT2D eigenvalue weighted by atomic mass is 16.5. The molecule has 0 spiro atoms. The lowest BCUT2D eigenvalue weighted by Crippen LogP contribution is -2.13. The van der Waals surface area contributed by atoms with Gasteiger partial charge in [-0.3, -0.25) is 9.78 Å². The van der Waals surface area contributed by atoms with Gasteiger partial charge < -0.3 is 15.4 Å². The zero-order chi connectivity index (χ0) is 17.8. The van der Waals surface area contributed by atoms with Crippen LogP contribution in [-0.4, -0.2) is 16.9 Å². The maximum atomic E-state index is 12.6. The van der Waals surface area contributed by atoms with Crippen molar-refractivity contribution in [2.45, 2.75) is 18.9 Å². The number of pyridine rings is 1. The second-order valence-electron chi connectivity index (χ2n) is 6.25. The third-order valence-corrected chi connectivity index (χ3v) is 4.05. The zero-order valence-corrected chi connectivity index (χ0v) is 14.2. The number of nitrogens with zero attached hydrogens (tertiary/aromatic N) is 1. The molecule has 4 rings (SSSR count). The number of aromatic nitrogens is 1. The molecule has 5 heteroatoms. The van der Waals surface area contributed by atoms with Crippen molar-refractivity contribution in [3.63, 3.8) is 0 Å². The van der Waals surface area contributed by atoms with E-state index in [0.29, 0.717) is 28.8 Å². The highest BCUT2D eigenvalue weighted by Gasteiger charge is 2.21. The van der Waals surface area contributed by atoms with E-state index in [4.69, 9.17) is 4.74 Å². The summed E-state index contributed by atoms with van der Waals surface area (Å²) in [5.41, 5.74) is 1.99. The molecule has 3 aromatic rings. The largest absolute Gasteiger partial charge is 0.455 e. The first-order chi connectivity index (χ1) is 12.8. The highest BCUT2D eigenvalue weighted by molar-refractivity contribution is 6.05. The lowest BCUT2D eigenvalue weighted by atomic mass is 10.2. The summed E-state index contributed by atoms with van der Waals surface area (Å²) >= 11 is 0. The molecule has 1 heterocycles. The Morgan fingerprint density at radius 2 is 1.77 bits per heavy atom. The summed E-state index contributed by atoms with van der Waals surface area (Å²) in [5, 5.41) is 6.26. The van der Waals surface area contributed by atoms with Crippen LogP contribution in [0.3, 0.4) is 0 Å². The average molecular weight is 345 g/mol. The topological polar surface area (TPSA) is 63.2 Å². The molecule has 0 bridgehead atoms. The number of carbonyl (C=O) groups excluding carboxylic acids is 1. The molecule has 0 atom stereocenters. The maximum absolute atomic E-state index is 12.6. The Balaban J connectivity index is 1.51. The third kappa shape index (κ3) is 4.00. The van der Waals surface area contributed by atoms with E-state index in [-0.39, 0.29) is 5.91 Å². The van der Waals surface area contributed by atoms with E-state index >= 15 is 0 Å². The Bertz CT molecular complexity index is 908. The number of para-hydroxylation sites is 3. The number of nitrogens with one attached hydrogen (secondary N) is 2. The van der Waals surface area contributed by atoms with Crippen molar-refractivity contribution < 1.29 is 9.53 Å². The fourth-order valence-electron chi connectivity index (χ4n) is 2.58. The number of amides is 1. The SMILES string of the molecule is O=C(Nc1ccccc1Oc1ccccc1)c1cncc(NC2CC2)c1. The van der Waals surface area contributed by atoms with Gasteiger partial charge in [0.15, 0.2) is 5.75 Å². The minimum atomic E-state index is -0.221. The van der Waals surface area contributed by atoms with Gasteiger partial charge in [0.25, 0.3) is 5.91 Å². The lowest BCUT2D eigenvalue weighted by Gasteiger charge is -2.12. The molecular formula is C21H19N3O2. The maximum Gasteiger partial charge on any atom is 0.257 e. The number of benzene rings is 2. The summed E-state index contributed by atoms with van der Waals surface area (Å²) in [5.74, 6) is 1.08. The fraction of sp³-hybridized carbons (Fsp3) is 0.143. The minimum absolute atomic E-state index is 0.221. The molecule has 1 saturated carbocycles. The molecule has 0 aliphatic heterocycles. The summed E-state index contributed by atoms with van der Waals surface area (Å²) in [7, 11) is 0. The minimum Gasteiger partial charge on any atom is -0.455 e. The molecule has 0 saturated heterocycles. The molecule has 26 heavy (non-hydrogen) atoms. The second-order valence-corrected chi connectivity index (χ2v) is 6.25. The van der Waals surface area contributed by atoms with Crippen molar-refractivity contribution in [3.05, 3.63) is 78.6 Å². The number of anilines is 2. The van der Waals surface area contributed by atoms with Crippen LogP contribution in [0.4, 0.5) is 11.4 Å². The first-order valence-corrected chi connectivity index (χ1v) is 8.63. The Hall–Kier alpha value is -3.34. The van der Waals surface area contributed by atoms with Crippen molar-refractivity contribution >= 4 is 17.3 Å². The molecule has 1 fully saturated rings. The van der Waals surface area contributed by atoms with Gasteiger partial charge in [-0.15, -0.1) is 0 Å². The van der Waals surface area contributed by atoms with E-state index in [1.54, 1.807) is 12.4 Å².